The van der Waals surface area contributed by atoms with Crippen LogP contribution in [0, 0.1) is 12.3 Å². The van der Waals surface area contributed by atoms with Gasteiger partial charge in [0.25, 0.3) is 0 Å². The minimum Gasteiger partial charge on any atom is -0.492 e. The summed E-state index contributed by atoms with van der Waals surface area (Å²) in [5, 5.41) is 4.82. The minimum absolute atomic E-state index is 0.135. The van der Waals surface area contributed by atoms with Gasteiger partial charge in [-0.1, -0.05) is 68.8 Å². The van der Waals surface area contributed by atoms with Crippen molar-refractivity contribution in [2.24, 2.45) is 5.41 Å². The van der Waals surface area contributed by atoms with Crippen molar-refractivity contribution < 1.29 is 4.74 Å². The van der Waals surface area contributed by atoms with Gasteiger partial charge in [0.1, 0.15) is 17.9 Å². The van der Waals surface area contributed by atoms with E-state index in [-0.39, 0.29) is 11.0 Å². The van der Waals surface area contributed by atoms with Crippen LogP contribution < -0.4 is 5.32 Å². The molecule has 5 nitrogen and oxygen atoms in total. The number of aryl methyl sites for hydroxylation is 1. The van der Waals surface area contributed by atoms with Crippen molar-refractivity contribution in [3.05, 3.63) is 83.4 Å². The standard InChI is InChI=1S/C34H40N4O/c1-22-14-16-23(17-15-22)29-25-11-8-9-13-27(25)37-32(38-34(5,6)7)30(29)31-26(12-10-18-39-31)28-19-24(35-21-36-28)20-33(2,3)4/h8-9,11,13-17,19,21H,10,12,18,20H2,1-7H3,(H,37,38). The Balaban J connectivity index is 1.83. The third-order valence-corrected chi connectivity index (χ3v) is 6.79. The van der Waals surface area contributed by atoms with Gasteiger partial charge >= 0.3 is 0 Å². The van der Waals surface area contributed by atoms with Gasteiger partial charge in [0, 0.05) is 27.8 Å². The average molecular weight is 521 g/mol. The van der Waals surface area contributed by atoms with Crippen LogP contribution >= 0.6 is 0 Å². The van der Waals surface area contributed by atoms with Crippen molar-refractivity contribution in [1.29, 1.82) is 0 Å². The van der Waals surface area contributed by atoms with Gasteiger partial charge in [0.05, 0.1) is 23.4 Å². The molecule has 5 heteroatoms. The fourth-order valence-corrected chi connectivity index (χ4v) is 5.19. The summed E-state index contributed by atoms with van der Waals surface area (Å²) in [7, 11) is 0. The number of hydrogen-bond donors (Lipinski definition) is 1. The zero-order valence-electron chi connectivity index (χ0n) is 24.4. The maximum absolute atomic E-state index is 6.60. The molecule has 1 N–H and O–H groups in total. The number of ether oxygens (including phenoxy) is 1. The second-order valence-corrected chi connectivity index (χ2v) is 12.9. The van der Waals surface area contributed by atoms with E-state index in [4.69, 9.17) is 14.7 Å². The van der Waals surface area contributed by atoms with Crippen LogP contribution in [0.1, 0.15) is 76.9 Å². The summed E-state index contributed by atoms with van der Waals surface area (Å²) in [6.07, 6.45) is 4.41. The topological polar surface area (TPSA) is 59.9 Å². The zero-order chi connectivity index (χ0) is 27.8. The number of benzene rings is 2. The number of fused-ring (bicyclic) bond motifs is 1. The van der Waals surface area contributed by atoms with Crippen LogP contribution in [0.3, 0.4) is 0 Å². The second kappa shape index (κ2) is 10.4. The van der Waals surface area contributed by atoms with E-state index in [1.165, 1.54) is 5.56 Å². The van der Waals surface area contributed by atoms with Gasteiger partial charge in [0.2, 0.25) is 0 Å². The summed E-state index contributed by atoms with van der Waals surface area (Å²) in [6.45, 7) is 16.0. The summed E-state index contributed by atoms with van der Waals surface area (Å²) < 4.78 is 6.60. The molecule has 0 unspecified atom stereocenters. The number of anilines is 1. The first-order valence-corrected chi connectivity index (χ1v) is 13.9. The summed E-state index contributed by atoms with van der Waals surface area (Å²) in [4.78, 5) is 14.5. The lowest BCUT2D eigenvalue weighted by molar-refractivity contribution is 0.262. The van der Waals surface area contributed by atoms with E-state index >= 15 is 0 Å². The molecule has 3 heterocycles. The van der Waals surface area contributed by atoms with Gasteiger partial charge < -0.3 is 10.1 Å². The highest BCUT2D eigenvalue weighted by atomic mass is 16.5. The molecule has 0 spiro atoms. The molecular weight excluding hydrogens is 480 g/mol. The maximum atomic E-state index is 6.60. The molecule has 39 heavy (non-hydrogen) atoms. The molecule has 0 radical (unpaired) electrons. The third-order valence-electron chi connectivity index (χ3n) is 6.79. The predicted molar refractivity (Wildman–Crippen MR) is 162 cm³/mol. The van der Waals surface area contributed by atoms with Crippen molar-refractivity contribution in [3.8, 4) is 11.1 Å². The van der Waals surface area contributed by atoms with E-state index in [0.29, 0.717) is 6.61 Å². The maximum Gasteiger partial charge on any atom is 0.138 e. The Morgan fingerprint density at radius 2 is 1.64 bits per heavy atom. The Morgan fingerprint density at radius 1 is 0.897 bits per heavy atom. The van der Waals surface area contributed by atoms with Crippen LogP contribution in [0.25, 0.3) is 33.4 Å². The van der Waals surface area contributed by atoms with Gasteiger partial charge in [-0.05, 0) is 70.1 Å². The van der Waals surface area contributed by atoms with Crippen LogP contribution in [0.2, 0.25) is 0 Å². The average Bonchev–Trinajstić information content (AvgIpc) is 2.87. The number of para-hydroxylation sites is 1. The monoisotopic (exact) mass is 520 g/mol. The van der Waals surface area contributed by atoms with Gasteiger partial charge in [0.15, 0.2) is 0 Å². The first-order chi connectivity index (χ1) is 18.5. The van der Waals surface area contributed by atoms with Crippen molar-refractivity contribution in [1.82, 2.24) is 15.0 Å². The largest absolute Gasteiger partial charge is 0.492 e. The number of hydrogen-bond acceptors (Lipinski definition) is 5. The van der Waals surface area contributed by atoms with Gasteiger partial charge in [-0.25, -0.2) is 15.0 Å². The molecule has 202 valence electrons. The van der Waals surface area contributed by atoms with Gasteiger partial charge in [-0.2, -0.15) is 0 Å². The third kappa shape index (κ3) is 6.13. The molecule has 4 aromatic rings. The summed E-state index contributed by atoms with van der Waals surface area (Å²) in [5.74, 6) is 1.69. The van der Waals surface area contributed by atoms with Crippen molar-refractivity contribution in [2.75, 3.05) is 11.9 Å². The Morgan fingerprint density at radius 3 is 2.36 bits per heavy atom. The molecule has 5 rings (SSSR count). The number of allylic oxidation sites excluding steroid dienone is 1. The summed E-state index contributed by atoms with van der Waals surface area (Å²) in [6, 6.07) is 19.3. The summed E-state index contributed by atoms with van der Waals surface area (Å²) >= 11 is 0. The molecule has 0 saturated carbocycles. The Hall–Kier alpha value is -3.73. The van der Waals surface area contributed by atoms with Crippen LogP contribution in [-0.4, -0.2) is 27.1 Å². The van der Waals surface area contributed by atoms with E-state index in [2.05, 4.69) is 107 Å². The highest BCUT2D eigenvalue weighted by Gasteiger charge is 2.28. The lowest BCUT2D eigenvalue weighted by atomic mass is 9.88. The highest BCUT2D eigenvalue weighted by Crippen LogP contribution is 2.45. The smallest absolute Gasteiger partial charge is 0.138 e. The minimum atomic E-state index is -0.195. The number of pyridine rings is 1. The lowest BCUT2D eigenvalue weighted by Crippen LogP contribution is -2.28. The Bertz CT molecular complexity index is 1520. The van der Waals surface area contributed by atoms with Crippen LogP contribution in [0.15, 0.2) is 60.9 Å². The molecule has 2 aromatic carbocycles. The zero-order valence-corrected chi connectivity index (χ0v) is 24.4. The molecule has 1 aliphatic rings. The first kappa shape index (κ1) is 26.9. The van der Waals surface area contributed by atoms with Crippen LogP contribution in [-0.2, 0) is 11.2 Å². The molecule has 0 fully saturated rings. The number of aromatic nitrogens is 3. The fourth-order valence-electron chi connectivity index (χ4n) is 5.19. The Labute approximate surface area is 232 Å². The molecule has 0 saturated heterocycles. The van der Waals surface area contributed by atoms with Crippen LogP contribution in [0.4, 0.5) is 5.82 Å². The van der Waals surface area contributed by atoms with E-state index < -0.39 is 0 Å². The number of rotatable bonds is 5. The molecular formula is C34H40N4O. The number of nitrogens with one attached hydrogen (secondary N) is 1. The van der Waals surface area contributed by atoms with Gasteiger partial charge in [-0.3, -0.25) is 0 Å². The molecule has 2 aromatic heterocycles. The molecule has 0 amide bonds. The Kier molecular flexibility index (Phi) is 7.19. The molecule has 0 bridgehead atoms. The molecule has 0 aliphatic carbocycles. The first-order valence-electron chi connectivity index (χ1n) is 13.9. The highest BCUT2D eigenvalue weighted by molar-refractivity contribution is 6.06. The van der Waals surface area contributed by atoms with Crippen molar-refractivity contribution in [3.63, 3.8) is 0 Å². The fraction of sp³-hybridized carbons (Fsp3) is 0.382. The quantitative estimate of drug-likeness (QED) is 0.286. The molecule has 1 aliphatic heterocycles. The normalized spacial score (nSPS) is 14.4. The van der Waals surface area contributed by atoms with Crippen molar-refractivity contribution in [2.45, 2.75) is 73.3 Å². The number of nitrogens with zero attached hydrogens (tertiary/aromatic N) is 3. The summed E-state index contributed by atoms with van der Waals surface area (Å²) in [5.41, 5.74) is 8.49. The van der Waals surface area contributed by atoms with Crippen molar-refractivity contribution >= 4 is 28.1 Å². The van der Waals surface area contributed by atoms with E-state index in [1.54, 1.807) is 6.33 Å². The van der Waals surface area contributed by atoms with E-state index in [0.717, 1.165) is 75.4 Å². The lowest BCUT2D eigenvalue weighted by Gasteiger charge is -2.29. The van der Waals surface area contributed by atoms with Crippen LogP contribution in [0.5, 0.6) is 0 Å². The molecule has 0 atom stereocenters. The SMILES string of the molecule is Cc1ccc(-c2c(C3=C(c4cc(CC(C)(C)C)ncn4)CCCO3)c(NC(C)(C)C)nc3ccccc23)cc1. The predicted octanol–water partition coefficient (Wildman–Crippen LogP) is 8.48. The van der Waals surface area contributed by atoms with E-state index in [1.807, 2.05) is 6.07 Å². The second-order valence-electron chi connectivity index (χ2n) is 12.9. The van der Waals surface area contributed by atoms with Gasteiger partial charge in [-0.15, -0.1) is 0 Å². The van der Waals surface area contributed by atoms with E-state index in [9.17, 15) is 0 Å².